The average molecular weight is 434 g/mol. The van der Waals surface area contributed by atoms with E-state index in [9.17, 15) is 9.59 Å². The molecule has 1 N–H and O–H groups in total. The fourth-order valence-corrected chi connectivity index (χ4v) is 5.23. The highest BCUT2D eigenvalue weighted by atomic mass is 16.5. The van der Waals surface area contributed by atoms with E-state index in [2.05, 4.69) is 5.32 Å². The first kappa shape index (κ1) is 20.9. The third-order valence-corrected chi connectivity index (χ3v) is 7.07. The van der Waals surface area contributed by atoms with Crippen LogP contribution >= 0.6 is 0 Å². The van der Waals surface area contributed by atoms with E-state index < -0.39 is 5.60 Å². The van der Waals surface area contributed by atoms with Crippen molar-refractivity contribution in [2.45, 2.75) is 56.7 Å². The van der Waals surface area contributed by atoms with Gasteiger partial charge in [-0.15, -0.1) is 0 Å². The van der Waals surface area contributed by atoms with Crippen LogP contribution in [0.4, 0.5) is 4.79 Å². The number of nitrogens with zero attached hydrogens (tertiary/aromatic N) is 2. The minimum absolute atomic E-state index is 0.00253. The van der Waals surface area contributed by atoms with E-state index in [0.717, 1.165) is 18.4 Å². The van der Waals surface area contributed by atoms with E-state index >= 15 is 0 Å². The molecule has 3 amide bonds. The van der Waals surface area contributed by atoms with Gasteiger partial charge in [-0.05, 0) is 30.5 Å². The van der Waals surface area contributed by atoms with Crippen LogP contribution in [0.2, 0.25) is 0 Å². The summed E-state index contributed by atoms with van der Waals surface area (Å²) in [6.07, 6.45) is 5.98. The summed E-state index contributed by atoms with van der Waals surface area (Å²) in [4.78, 5) is 30.0. The van der Waals surface area contributed by atoms with Crippen LogP contribution < -0.4 is 10.1 Å². The summed E-state index contributed by atoms with van der Waals surface area (Å²) in [5.41, 5.74) is 1.23. The zero-order valence-corrected chi connectivity index (χ0v) is 18.5. The van der Waals surface area contributed by atoms with Crippen LogP contribution in [0.5, 0.6) is 5.75 Å². The maximum absolute atomic E-state index is 13.4. The van der Waals surface area contributed by atoms with Crippen molar-refractivity contribution in [2.75, 3.05) is 19.6 Å². The fourth-order valence-electron chi connectivity index (χ4n) is 5.23. The molecule has 1 spiro atoms. The van der Waals surface area contributed by atoms with Crippen molar-refractivity contribution in [3.63, 3.8) is 0 Å². The Balaban J connectivity index is 1.34. The van der Waals surface area contributed by atoms with Gasteiger partial charge in [0, 0.05) is 38.5 Å². The van der Waals surface area contributed by atoms with Crippen molar-refractivity contribution in [1.29, 1.82) is 0 Å². The summed E-state index contributed by atoms with van der Waals surface area (Å²) in [6.45, 7) is 2.33. The van der Waals surface area contributed by atoms with Crippen molar-refractivity contribution < 1.29 is 14.3 Å². The van der Waals surface area contributed by atoms with E-state index in [0.29, 0.717) is 56.4 Å². The second kappa shape index (κ2) is 8.85. The molecule has 0 radical (unpaired) electrons. The van der Waals surface area contributed by atoms with Crippen molar-refractivity contribution in [3.8, 4) is 5.75 Å². The number of piperidine rings is 1. The molecule has 168 valence electrons. The molecule has 0 bridgehead atoms. The van der Waals surface area contributed by atoms with Gasteiger partial charge in [-0.1, -0.05) is 55.3 Å². The Hall–Kier alpha value is -3.02. The quantitative estimate of drug-likeness (QED) is 0.789. The number of benzene rings is 2. The van der Waals surface area contributed by atoms with Gasteiger partial charge >= 0.3 is 6.03 Å². The van der Waals surface area contributed by atoms with Gasteiger partial charge in [0.25, 0.3) is 5.91 Å². The smallest absolute Gasteiger partial charge is 0.317 e. The number of urea groups is 1. The Morgan fingerprint density at radius 1 is 1.00 bits per heavy atom. The molecule has 1 saturated heterocycles. The topological polar surface area (TPSA) is 61.9 Å². The van der Waals surface area contributed by atoms with Gasteiger partial charge in [0.1, 0.15) is 11.4 Å². The number of nitrogens with one attached hydrogen (secondary N) is 1. The normalized spacial score (nSPS) is 20.6. The summed E-state index contributed by atoms with van der Waals surface area (Å²) < 4.78 is 6.56. The largest absolute Gasteiger partial charge is 0.484 e. The Morgan fingerprint density at radius 2 is 1.69 bits per heavy atom. The van der Waals surface area contributed by atoms with E-state index in [-0.39, 0.29) is 11.9 Å². The first-order valence-corrected chi connectivity index (χ1v) is 11.8. The van der Waals surface area contributed by atoms with E-state index in [1.807, 2.05) is 64.4 Å². The molecule has 2 aromatic rings. The molecular weight excluding hydrogens is 402 g/mol. The van der Waals surface area contributed by atoms with Gasteiger partial charge in [-0.2, -0.15) is 0 Å². The van der Waals surface area contributed by atoms with Crippen LogP contribution in [0.25, 0.3) is 0 Å². The number of carbonyl (C=O) groups excluding carboxylic acids is 2. The molecule has 0 atom stereocenters. The lowest BCUT2D eigenvalue weighted by molar-refractivity contribution is -0.00872. The van der Waals surface area contributed by atoms with Crippen LogP contribution in [0.15, 0.2) is 54.6 Å². The predicted octanol–water partition coefficient (Wildman–Crippen LogP) is 4.21. The minimum atomic E-state index is -0.485. The van der Waals surface area contributed by atoms with Gasteiger partial charge in [0.15, 0.2) is 0 Å². The van der Waals surface area contributed by atoms with Gasteiger partial charge in [-0.25, -0.2) is 4.79 Å². The van der Waals surface area contributed by atoms with Crippen LogP contribution in [0, 0.1) is 0 Å². The molecule has 5 rings (SSSR count). The van der Waals surface area contributed by atoms with Gasteiger partial charge in [0.05, 0.1) is 12.1 Å². The number of ether oxygens (including phenoxy) is 1. The number of rotatable bonds is 3. The van der Waals surface area contributed by atoms with E-state index in [4.69, 9.17) is 4.74 Å². The van der Waals surface area contributed by atoms with Crippen molar-refractivity contribution in [3.05, 3.63) is 65.7 Å². The van der Waals surface area contributed by atoms with Crippen molar-refractivity contribution in [2.24, 2.45) is 0 Å². The Morgan fingerprint density at radius 3 is 2.44 bits per heavy atom. The molecule has 1 aliphatic carbocycles. The third-order valence-electron chi connectivity index (χ3n) is 7.07. The number of fused-ring (bicyclic) bond motifs is 1. The molecule has 6 nitrogen and oxygen atoms in total. The van der Waals surface area contributed by atoms with Gasteiger partial charge in [-0.3, -0.25) is 4.79 Å². The third kappa shape index (κ3) is 4.31. The molecule has 3 aliphatic rings. The molecule has 6 heteroatoms. The molecule has 2 heterocycles. The van der Waals surface area contributed by atoms with E-state index in [1.165, 1.54) is 12.8 Å². The first-order valence-electron chi connectivity index (χ1n) is 11.8. The van der Waals surface area contributed by atoms with Crippen LogP contribution in [-0.2, 0) is 6.54 Å². The lowest BCUT2D eigenvalue weighted by Gasteiger charge is -2.42. The van der Waals surface area contributed by atoms with Crippen LogP contribution in [0.3, 0.4) is 0 Å². The lowest BCUT2D eigenvalue weighted by Crippen LogP contribution is -2.56. The Kier molecular flexibility index (Phi) is 5.77. The van der Waals surface area contributed by atoms with Crippen molar-refractivity contribution in [1.82, 2.24) is 15.1 Å². The number of hydrogen-bond donors (Lipinski definition) is 1. The monoisotopic (exact) mass is 433 g/mol. The van der Waals surface area contributed by atoms with E-state index in [1.54, 1.807) is 0 Å². The molecule has 2 fully saturated rings. The molecule has 0 aromatic heterocycles. The average Bonchev–Trinajstić information content (AvgIpc) is 3.29. The maximum atomic E-state index is 13.4. The summed E-state index contributed by atoms with van der Waals surface area (Å²) in [5.74, 6) is 0.652. The Labute approximate surface area is 189 Å². The highest BCUT2D eigenvalue weighted by molar-refractivity contribution is 5.97. The first-order chi connectivity index (χ1) is 15.6. The lowest BCUT2D eigenvalue weighted by atomic mass is 9.90. The SMILES string of the molecule is O=C(NC1CCCC1)N1CCC2(CC1)CN(Cc1ccccc1)C(=O)c1ccccc1O2. The maximum Gasteiger partial charge on any atom is 0.317 e. The molecule has 2 aromatic carbocycles. The summed E-state index contributed by atoms with van der Waals surface area (Å²) in [6, 6.07) is 18.0. The van der Waals surface area contributed by atoms with Crippen LogP contribution in [-0.4, -0.2) is 53.0 Å². The summed E-state index contributed by atoms with van der Waals surface area (Å²) >= 11 is 0. The number of hydrogen-bond acceptors (Lipinski definition) is 3. The Bertz CT molecular complexity index is 963. The fraction of sp³-hybridized carbons (Fsp3) is 0.462. The predicted molar refractivity (Wildman–Crippen MR) is 123 cm³/mol. The van der Waals surface area contributed by atoms with Gasteiger partial charge < -0.3 is 19.9 Å². The highest BCUT2D eigenvalue weighted by Gasteiger charge is 2.43. The highest BCUT2D eigenvalue weighted by Crippen LogP contribution is 2.36. The second-order valence-electron chi connectivity index (χ2n) is 9.35. The number of para-hydroxylation sites is 1. The van der Waals surface area contributed by atoms with Gasteiger partial charge in [0.2, 0.25) is 0 Å². The zero-order valence-electron chi connectivity index (χ0n) is 18.5. The van der Waals surface area contributed by atoms with Crippen LogP contribution in [0.1, 0.15) is 54.4 Å². The number of carbonyl (C=O) groups is 2. The number of amides is 3. The number of likely N-dealkylation sites (tertiary alicyclic amines) is 1. The molecule has 2 aliphatic heterocycles. The summed E-state index contributed by atoms with van der Waals surface area (Å²) in [5, 5.41) is 3.20. The molecule has 1 saturated carbocycles. The van der Waals surface area contributed by atoms with Crippen molar-refractivity contribution >= 4 is 11.9 Å². The summed E-state index contributed by atoms with van der Waals surface area (Å²) in [7, 11) is 0. The molecule has 32 heavy (non-hydrogen) atoms. The second-order valence-corrected chi connectivity index (χ2v) is 9.35. The molecular formula is C26H31N3O3. The molecule has 0 unspecified atom stereocenters. The standard InChI is InChI=1S/C26H31N3O3/c30-24-22-12-6-7-13-23(22)32-26(19-29(24)18-20-8-2-1-3-9-20)14-16-28(17-15-26)25(31)27-21-10-4-5-11-21/h1-3,6-9,12-13,21H,4-5,10-11,14-19H2,(H,27,31). The zero-order chi connectivity index (χ0) is 22.0. The minimum Gasteiger partial charge on any atom is -0.484 e.